The van der Waals surface area contributed by atoms with Crippen molar-refractivity contribution in [3.05, 3.63) is 23.8 Å². The fraction of sp³-hybridized carbons (Fsp3) is 0.684. The predicted molar refractivity (Wildman–Crippen MR) is 90.5 cm³/mol. The molecule has 0 amide bonds. The maximum absolute atomic E-state index is 13.0. The van der Waals surface area contributed by atoms with Gasteiger partial charge in [0, 0.05) is 24.9 Å². The smallest absolute Gasteiger partial charge is 0.416 e. The Morgan fingerprint density at radius 2 is 1.81 bits per heavy atom. The van der Waals surface area contributed by atoms with Crippen LogP contribution in [-0.4, -0.2) is 36.1 Å². The molecule has 146 valence electrons. The highest BCUT2D eigenvalue weighted by Gasteiger charge is 2.44. The minimum Gasteiger partial charge on any atom is -0.490 e. The van der Waals surface area contributed by atoms with Crippen LogP contribution in [0.25, 0.3) is 0 Å². The lowest BCUT2D eigenvalue weighted by Crippen LogP contribution is -2.45. The van der Waals surface area contributed by atoms with Gasteiger partial charge in [0.05, 0.1) is 12.2 Å². The van der Waals surface area contributed by atoms with Gasteiger partial charge in [-0.3, -0.25) is 0 Å². The van der Waals surface area contributed by atoms with E-state index in [0.717, 1.165) is 44.2 Å². The van der Waals surface area contributed by atoms with Gasteiger partial charge in [-0.1, -0.05) is 19.8 Å². The van der Waals surface area contributed by atoms with Crippen LogP contribution in [0, 0.1) is 11.8 Å². The van der Waals surface area contributed by atoms with Gasteiger partial charge < -0.3 is 14.7 Å². The van der Waals surface area contributed by atoms with Gasteiger partial charge in [-0.05, 0) is 37.5 Å². The molecule has 0 unspecified atom stereocenters. The van der Waals surface area contributed by atoms with E-state index < -0.39 is 11.7 Å². The van der Waals surface area contributed by atoms with Gasteiger partial charge in [-0.2, -0.15) is 18.2 Å². The zero-order valence-electron chi connectivity index (χ0n) is 15.0. The van der Waals surface area contributed by atoms with Gasteiger partial charge in [-0.25, -0.2) is 0 Å². The Morgan fingerprint density at radius 3 is 2.42 bits per heavy atom. The topological polar surface area (TPSA) is 41.9 Å². The third-order valence-electron chi connectivity index (χ3n) is 5.27. The third kappa shape index (κ3) is 4.43. The molecular formula is C19H26F3NO3. The first-order chi connectivity index (χ1) is 12.4. The Bertz CT molecular complexity index is 594. The summed E-state index contributed by atoms with van der Waals surface area (Å²) < 4.78 is 50.9. The van der Waals surface area contributed by atoms with E-state index in [2.05, 4.69) is 6.92 Å². The summed E-state index contributed by atoms with van der Waals surface area (Å²) >= 11 is 0. The second-order valence-electron chi connectivity index (χ2n) is 7.27. The van der Waals surface area contributed by atoms with E-state index >= 15 is 0 Å². The molecule has 3 rings (SSSR count). The van der Waals surface area contributed by atoms with E-state index in [4.69, 9.17) is 9.47 Å². The van der Waals surface area contributed by atoms with E-state index in [0.29, 0.717) is 25.4 Å². The molecule has 0 spiro atoms. The van der Waals surface area contributed by atoms with E-state index in [-0.39, 0.29) is 23.7 Å². The number of piperidine rings is 1. The highest BCUT2D eigenvalue weighted by Crippen LogP contribution is 2.42. The van der Waals surface area contributed by atoms with Crippen LogP contribution in [0.1, 0.15) is 44.6 Å². The molecule has 4 nitrogen and oxygen atoms in total. The highest BCUT2D eigenvalue weighted by molar-refractivity contribution is 5.44. The first-order valence-corrected chi connectivity index (χ1v) is 9.33. The first kappa shape index (κ1) is 19.3. The molecule has 1 aliphatic heterocycles. The summed E-state index contributed by atoms with van der Waals surface area (Å²) in [6, 6.07) is 3.43. The molecule has 1 N–H and O–H groups in total. The number of hydroxylamine groups is 2. The van der Waals surface area contributed by atoms with Gasteiger partial charge in [0.2, 0.25) is 0 Å². The summed E-state index contributed by atoms with van der Waals surface area (Å²) in [4.78, 5) is 0. The number of benzene rings is 1. The number of alkyl halides is 3. The Kier molecular flexibility index (Phi) is 5.97. The number of unbranched alkanes of at least 4 members (excludes halogenated alkanes) is 2. The summed E-state index contributed by atoms with van der Waals surface area (Å²) in [5.74, 6) is 0.896. The van der Waals surface area contributed by atoms with Crippen LogP contribution >= 0.6 is 0 Å². The predicted octanol–water partition coefficient (Wildman–Crippen LogP) is 4.75. The van der Waals surface area contributed by atoms with Crippen LogP contribution in [0.2, 0.25) is 0 Å². The van der Waals surface area contributed by atoms with E-state index in [1.54, 1.807) is 0 Å². The van der Waals surface area contributed by atoms with E-state index in [1.807, 2.05) is 0 Å². The molecule has 2 bridgehead atoms. The molecule has 1 aromatic carbocycles. The van der Waals surface area contributed by atoms with Crippen LogP contribution in [0.4, 0.5) is 13.2 Å². The molecule has 1 saturated carbocycles. The van der Waals surface area contributed by atoms with Crippen molar-refractivity contribution in [2.24, 2.45) is 11.8 Å². The molecule has 1 aliphatic carbocycles. The van der Waals surface area contributed by atoms with Crippen LogP contribution in [0.3, 0.4) is 0 Å². The summed E-state index contributed by atoms with van der Waals surface area (Å²) in [5.41, 5.74) is -0.733. The average Bonchev–Trinajstić information content (AvgIpc) is 2.82. The van der Waals surface area contributed by atoms with Crippen molar-refractivity contribution >= 4 is 0 Å². The number of nitrogens with zero attached hydrogens (tertiary/aromatic N) is 1. The van der Waals surface area contributed by atoms with E-state index in [1.165, 1.54) is 11.1 Å². The summed E-state index contributed by atoms with van der Waals surface area (Å²) in [7, 11) is 0. The van der Waals surface area contributed by atoms with Crippen molar-refractivity contribution in [1.29, 1.82) is 0 Å². The Hall–Kier alpha value is -1.47. The molecule has 0 aromatic heterocycles. The van der Waals surface area contributed by atoms with Crippen LogP contribution < -0.4 is 9.47 Å². The number of halogens is 3. The zero-order chi connectivity index (χ0) is 18.7. The van der Waals surface area contributed by atoms with Crippen molar-refractivity contribution in [3.8, 4) is 11.5 Å². The average molecular weight is 373 g/mol. The monoisotopic (exact) mass is 373 g/mol. The maximum Gasteiger partial charge on any atom is 0.416 e. The van der Waals surface area contributed by atoms with Gasteiger partial charge in [0.1, 0.15) is 6.10 Å². The summed E-state index contributed by atoms with van der Waals surface area (Å²) in [5, 5.41) is 11.1. The maximum atomic E-state index is 13.0. The van der Waals surface area contributed by atoms with Gasteiger partial charge in [0.25, 0.3) is 0 Å². The molecule has 1 heterocycles. The van der Waals surface area contributed by atoms with Crippen LogP contribution in [-0.2, 0) is 6.18 Å². The lowest BCUT2D eigenvalue weighted by molar-refractivity contribution is -0.144. The van der Waals surface area contributed by atoms with Crippen molar-refractivity contribution < 1.29 is 27.9 Å². The molecule has 1 aromatic rings. The minimum atomic E-state index is -4.42. The second kappa shape index (κ2) is 8.05. The third-order valence-corrected chi connectivity index (χ3v) is 5.27. The Labute approximate surface area is 151 Å². The van der Waals surface area contributed by atoms with Crippen molar-refractivity contribution in [3.63, 3.8) is 0 Å². The number of hydrogen-bond donors (Lipinski definition) is 1. The molecule has 2 fully saturated rings. The minimum absolute atomic E-state index is 0.0897. The fourth-order valence-corrected chi connectivity index (χ4v) is 3.92. The van der Waals surface area contributed by atoms with Crippen LogP contribution in [0.5, 0.6) is 11.5 Å². The molecule has 7 heteroatoms. The number of fused-ring (bicyclic) bond motifs is 2. The van der Waals surface area contributed by atoms with Gasteiger partial charge >= 0.3 is 6.18 Å². The van der Waals surface area contributed by atoms with Gasteiger partial charge in [-0.15, -0.1) is 0 Å². The largest absolute Gasteiger partial charge is 0.490 e. The molecule has 2 atom stereocenters. The molecule has 2 aliphatic rings. The number of ether oxygens (including phenoxy) is 2. The van der Waals surface area contributed by atoms with Crippen molar-refractivity contribution in [2.45, 2.75) is 51.3 Å². The highest BCUT2D eigenvalue weighted by atomic mass is 19.4. The second-order valence-corrected chi connectivity index (χ2v) is 7.27. The van der Waals surface area contributed by atoms with Crippen LogP contribution in [0.15, 0.2) is 18.2 Å². The molecule has 26 heavy (non-hydrogen) atoms. The Balaban J connectivity index is 1.76. The molecular weight excluding hydrogens is 347 g/mol. The van der Waals surface area contributed by atoms with Gasteiger partial charge in [0.15, 0.2) is 11.5 Å². The zero-order valence-corrected chi connectivity index (χ0v) is 15.0. The first-order valence-electron chi connectivity index (χ1n) is 9.33. The number of hydrogen-bond acceptors (Lipinski definition) is 4. The van der Waals surface area contributed by atoms with Crippen molar-refractivity contribution in [1.82, 2.24) is 5.06 Å². The SMILES string of the molecule is CCCCCOc1cc(C(F)(F)F)ccc1OC1[C@@H]2CC[C@@H]1CN(O)C2. The van der Waals surface area contributed by atoms with E-state index in [9.17, 15) is 18.4 Å². The molecule has 0 radical (unpaired) electrons. The quantitative estimate of drug-likeness (QED) is 0.700. The lowest BCUT2D eigenvalue weighted by atomic mass is 9.96. The number of rotatable bonds is 7. The fourth-order valence-electron chi connectivity index (χ4n) is 3.92. The molecule has 1 saturated heterocycles. The summed E-state index contributed by atoms with van der Waals surface area (Å²) in [6.45, 7) is 3.50. The standard InChI is InChI=1S/C19H26F3NO3/c1-2-3-4-9-25-17-10-15(19(20,21)22)7-8-16(17)26-18-13-5-6-14(18)12-23(24)11-13/h7-8,10,13-14,18,24H,2-6,9,11-12H2,1H3/t13-,14-/m1/s1. The lowest BCUT2D eigenvalue weighted by Gasteiger charge is -2.35. The Morgan fingerprint density at radius 1 is 1.12 bits per heavy atom. The van der Waals surface area contributed by atoms with Crippen molar-refractivity contribution in [2.75, 3.05) is 19.7 Å². The summed E-state index contributed by atoms with van der Waals surface area (Å²) in [6.07, 6.45) is 0.182. The normalized spacial score (nSPS) is 26.1.